The van der Waals surface area contributed by atoms with E-state index in [1.54, 1.807) is 23.9 Å². The van der Waals surface area contributed by atoms with Gasteiger partial charge in [0.2, 0.25) is 5.91 Å². The molecular weight excluding hydrogens is 376 g/mol. The SMILES string of the molecule is Cc1ccc(CSCC(=O)NCc2ccc(S(=O)(=O)N(C)C)s2)cc1. The van der Waals surface area contributed by atoms with Gasteiger partial charge < -0.3 is 5.32 Å². The van der Waals surface area contributed by atoms with Gasteiger partial charge in [0.25, 0.3) is 10.0 Å². The van der Waals surface area contributed by atoms with Crippen LogP contribution in [0.1, 0.15) is 16.0 Å². The first-order valence-electron chi connectivity index (χ1n) is 7.70. The molecule has 0 aliphatic carbocycles. The number of hydrogen-bond donors (Lipinski definition) is 1. The molecule has 0 saturated carbocycles. The fourth-order valence-electron chi connectivity index (χ4n) is 1.95. The Bertz CT molecular complexity index is 812. The Balaban J connectivity index is 1.77. The Hall–Kier alpha value is -1.35. The third kappa shape index (κ3) is 5.85. The smallest absolute Gasteiger partial charge is 0.252 e. The van der Waals surface area contributed by atoms with Gasteiger partial charge in [-0.25, -0.2) is 12.7 Å². The van der Waals surface area contributed by atoms with E-state index in [0.29, 0.717) is 12.3 Å². The number of rotatable bonds is 8. The quantitative estimate of drug-likeness (QED) is 0.743. The molecule has 1 amide bonds. The van der Waals surface area contributed by atoms with Crippen LogP contribution in [-0.2, 0) is 27.1 Å². The van der Waals surface area contributed by atoms with Crippen LogP contribution in [0.2, 0.25) is 0 Å². The highest BCUT2D eigenvalue weighted by atomic mass is 32.2. The van der Waals surface area contributed by atoms with Crippen molar-refractivity contribution in [3.05, 3.63) is 52.4 Å². The van der Waals surface area contributed by atoms with Crippen LogP contribution in [0, 0.1) is 6.92 Å². The standard InChI is InChI=1S/C17H22N2O3S3/c1-13-4-6-14(7-5-13)11-23-12-16(20)18-10-15-8-9-17(24-15)25(21,22)19(2)3/h4-9H,10-12H2,1-3H3,(H,18,20). The average molecular weight is 399 g/mol. The lowest BCUT2D eigenvalue weighted by molar-refractivity contribution is -0.118. The topological polar surface area (TPSA) is 66.5 Å². The van der Waals surface area contributed by atoms with Gasteiger partial charge in [0.15, 0.2) is 0 Å². The second-order valence-corrected chi connectivity index (χ2v) is 10.3. The molecule has 0 atom stereocenters. The Morgan fingerprint density at radius 2 is 1.84 bits per heavy atom. The maximum atomic E-state index is 12.0. The molecule has 136 valence electrons. The third-order valence-electron chi connectivity index (χ3n) is 3.45. The summed E-state index contributed by atoms with van der Waals surface area (Å²) < 4.78 is 25.5. The highest BCUT2D eigenvalue weighted by Crippen LogP contribution is 2.23. The zero-order valence-corrected chi connectivity index (χ0v) is 16.9. The van der Waals surface area contributed by atoms with Crippen molar-refractivity contribution in [3.63, 3.8) is 0 Å². The number of aryl methyl sites for hydroxylation is 1. The van der Waals surface area contributed by atoms with Crippen molar-refractivity contribution < 1.29 is 13.2 Å². The number of thiophene rings is 1. The van der Waals surface area contributed by atoms with Crippen LogP contribution in [0.25, 0.3) is 0 Å². The van der Waals surface area contributed by atoms with E-state index in [4.69, 9.17) is 0 Å². The minimum Gasteiger partial charge on any atom is -0.350 e. The molecular formula is C17H22N2O3S3. The molecule has 8 heteroatoms. The van der Waals surface area contributed by atoms with Crippen LogP contribution in [0.15, 0.2) is 40.6 Å². The van der Waals surface area contributed by atoms with E-state index in [-0.39, 0.29) is 10.1 Å². The number of thioether (sulfide) groups is 1. The minimum absolute atomic E-state index is 0.0532. The molecule has 0 saturated heterocycles. The molecule has 0 fully saturated rings. The van der Waals surface area contributed by atoms with Gasteiger partial charge >= 0.3 is 0 Å². The highest BCUT2D eigenvalue weighted by Gasteiger charge is 2.19. The molecule has 1 aromatic heterocycles. The molecule has 0 aliphatic heterocycles. The molecule has 2 aromatic rings. The third-order valence-corrected chi connectivity index (χ3v) is 7.83. The predicted molar refractivity (Wildman–Crippen MR) is 104 cm³/mol. The van der Waals surface area contributed by atoms with Crippen LogP contribution < -0.4 is 5.32 Å². The van der Waals surface area contributed by atoms with Gasteiger partial charge in [0.05, 0.1) is 12.3 Å². The lowest BCUT2D eigenvalue weighted by Gasteiger charge is -2.08. The van der Waals surface area contributed by atoms with Gasteiger partial charge in [0, 0.05) is 24.7 Å². The highest BCUT2D eigenvalue weighted by molar-refractivity contribution is 7.99. The number of nitrogens with zero attached hydrogens (tertiary/aromatic N) is 1. The molecule has 2 rings (SSSR count). The number of benzene rings is 1. The Kier molecular flexibility index (Phi) is 7.06. The first-order chi connectivity index (χ1) is 11.8. The summed E-state index contributed by atoms with van der Waals surface area (Å²) in [6, 6.07) is 11.6. The van der Waals surface area contributed by atoms with Crippen LogP contribution in [0.5, 0.6) is 0 Å². The molecule has 0 aliphatic rings. The zero-order chi connectivity index (χ0) is 18.4. The molecule has 1 N–H and O–H groups in total. The molecule has 1 aromatic carbocycles. The fraction of sp³-hybridized carbons (Fsp3) is 0.353. The first-order valence-corrected chi connectivity index (χ1v) is 11.1. The van der Waals surface area contributed by atoms with E-state index in [2.05, 4.69) is 29.6 Å². The molecule has 5 nitrogen and oxygen atoms in total. The van der Waals surface area contributed by atoms with E-state index in [1.807, 2.05) is 6.92 Å². The van der Waals surface area contributed by atoms with Crippen LogP contribution >= 0.6 is 23.1 Å². The Labute approximate surface area is 157 Å². The molecule has 0 spiro atoms. The maximum absolute atomic E-state index is 12.0. The van der Waals surface area contributed by atoms with Crippen molar-refractivity contribution in [2.24, 2.45) is 0 Å². The fourth-order valence-corrected chi connectivity index (χ4v) is 5.24. The molecule has 25 heavy (non-hydrogen) atoms. The predicted octanol–water partition coefficient (Wildman–Crippen LogP) is 2.86. The lowest BCUT2D eigenvalue weighted by Crippen LogP contribution is -2.24. The summed E-state index contributed by atoms with van der Waals surface area (Å²) in [5.74, 6) is 1.11. The van der Waals surface area contributed by atoms with E-state index >= 15 is 0 Å². The Morgan fingerprint density at radius 1 is 1.16 bits per heavy atom. The average Bonchev–Trinajstić information content (AvgIpc) is 3.04. The van der Waals surface area contributed by atoms with Crippen LogP contribution in [-0.4, -0.2) is 38.5 Å². The van der Waals surface area contributed by atoms with Crippen molar-refractivity contribution in [3.8, 4) is 0 Å². The summed E-state index contributed by atoms with van der Waals surface area (Å²) in [5.41, 5.74) is 2.42. The van der Waals surface area contributed by atoms with Crippen molar-refractivity contribution in [2.75, 3.05) is 19.8 Å². The molecule has 0 radical (unpaired) electrons. The van der Waals surface area contributed by atoms with Crippen LogP contribution in [0.3, 0.4) is 0 Å². The van der Waals surface area contributed by atoms with Gasteiger partial charge in [-0.15, -0.1) is 23.1 Å². The normalized spacial score (nSPS) is 11.7. The van der Waals surface area contributed by atoms with Crippen molar-refractivity contribution in [1.29, 1.82) is 0 Å². The number of hydrogen-bond acceptors (Lipinski definition) is 5. The van der Waals surface area contributed by atoms with Gasteiger partial charge in [-0.2, -0.15) is 0 Å². The molecule has 0 bridgehead atoms. The summed E-state index contributed by atoms with van der Waals surface area (Å²) in [6.07, 6.45) is 0. The maximum Gasteiger partial charge on any atom is 0.252 e. The zero-order valence-electron chi connectivity index (χ0n) is 14.5. The Morgan fingerprint density at radius 3 is 2.48 bits per heavy atom. The largest absolute Gasteiger partial charge is 0.350 e. The molecule has 0 unspecified atom stereocenters. The van der Waals surface area contributed by atoms with E-state index in [0.717, 1.165) is 10.6 Å². The van der Waals surface area contributed by atoms with Crippen LogP contribution in [0.4, 0.5) is 0 Å². The van der Waals surface area contributed by atoms with E-state index < -0.39 is 10.0 Å². The van der Waals surface area contributed by atoms with Gasteiger partial charge in [0.1, 0.15) is 4.21 Å². The van der Waals surface area contributed by atoms with Gasteiger partial charge in [-0.1, -0.05) is 29.8 Å². The number of carbonyl (C=O) groups excluding carboxylic acids is 1. The summed E-state index contributed by atoms with van der Waals surface area (Å²) in [4.78, 5) is 12.7. The summed E-state index contributed by atoms with van der Waals surface area (Å²) >= 11 is 2.74. The summed E-state index contributed by atoms with van der Waals surface area (Å²) in [5, 5.41) is 2.83. The van der Waals surface area contributed by atoms with Gasteiger partial charge in [-0.05, 0) is 24.6 Å². The summed E-state index contributed by atoms with van der Waals surface area (Å²) in [7, 11) is -0.404. The number of carbonyl (C=O) groups is 1. The monoisotopic (exact) mass is 398 g/mol. The van der Waals surface area contributed by atoms with Crippen molar-refractivity contribution >= 4 is 39.0 Å². The van der Waals surface area contributed by atoms with E-state index in [9.17, 15) is 13.2 Å². The second kappa shape index (κ2) is 8.84. The minimum atomic E-state index is -3.41. The van der Waals surface area contributed by atoms with Gasteiger partial charge in [-0.3, -0.25) is 4.79 Å². The van der Waals surface area contributed by atoms with E-state index in [1.165, 1.54) is 40.9 Å². The van der Waals surface area contributed by atoms with Crippen molar-refractivity contribution in [2.45, 2.75) is 23.4 Å². The summed E-state index contributed by atoms with van der Waals surface area (Å²) in [6.45, 7) is 2.39. The molecule has 1 heterocycles. The number of amides is 1. The van der Waals surface area contributed by atoms with Crippen molar-refractivity contribution in [1.82, 2.24) is 9.62 Å². The number of nitrogens with one attached hydrogen (secondary N) is 1. The number of sulfonamides is 1. The second-order valence-electron chi connectivity index (χ2n) is 5.76. The lowest BCUT2D eigenvalue weighted by atomic mass is 10.2. The first kappa shape index (κ1) is 20.0.